The Morgan fingerprint density at radius 3 is 2.49 bits per heavy atom. The molecule has 1 saturated heterocycles. The van der Waals surface area contributed by atoms with Crippen LogP contribution in [0.5, 0.6) is 5.75 Å². The number of para-hydroxylation sites is 2. The van der Waals surface area contributed by atoms with Crippen molar-refractivity contribution in [2.24, 2.45) is 5.92 Å². The van der Waals surface area contributed by atoms with Crippen LogP contribution in [-0.4, -0.2) is 60.9 Å². The summed E-state index contributed by atoms with van der Waals surface area (Å²) in [5, 5.41) is 7.21. The van der Waals surface area contributed by atoms with Gasteiger partial charge >= 0.3 is 0 Å². The third kappa shape index (κ3) is 4.46. The van der Waals surface area contributed by atoms with Gasteiger partial charge in [-0.15, -0.1) is 0 Å². The Morgan fingerprint density at radius 2 is 1.70 bits per heavy atom. The van der Waals surface area contributed by atoms with Crippen molar-refractivity contribution in [2.75, 3.05) is 6.61 Å². The van der Waals surface area contributed by atoms with Crippen LogP contribution in [0.3, 0.4) is 0 Å². The predicted molar refractivity (Wildman–Crippen MR) is 153 cm³/mol. The number of hydrogen-bond donors (Lipinski definition) is 1. The van der Waals surface area contributed by atoms with E-state index in [2.05, 4.69) is 21.2 Å². The first kappa shape index (κ1) is 25.8. The molecule has 4 amide bonds. The summed E-state index contributed by atoms with van der Waals surface area (Å²) in [6, 6.07) is 12.0. The predicted octanol–water partition coefficient (Wildman–Crippen LogP) is 3.80. The molecule has 1 unspecified atom stereocenters. The largest absolute Gasteiger partial charge is 0.493 e. The van der Waals surface area contributed by atoms with Gasteiger partial charge in [0.15, 0.2) is 0 Å². The van der Waals surface area contributed by atoms with Gasteiger partial charge < -0.3 is 4.74 Å². The highest BCUT2D eigenvalue weighted by Crippen LogP contribution is 2.45. The Kier molecular flexibility index (Phi) is 5.88. The molecule has 4 aliphatic rings. The number of amides is 4. The summed E-state index contributed by atoms with van der Waals surface area (Å²) >= 11 is 0. The molecule has 11 heteroatoms. The smallest absolute Gasteiger partial charge is 0.262 e. The van der Waals surface area contributed by atoms with Gasteiger partial charge in [-0.3, -0.25) is 39.1 Å². The number of carbonyl (C=O) groups excluding carboxylic acids is 4. The topological polar surface area (TPSA) is 136 Å². The highest BCUT2D eigenvalue weighted by Gasteiger charge is 2.45. The molecule has 0 spiro atoms. The Hall–Kier alpha value is -4.93. The number of hydrogen-bond acceptors (Lipinski definition) is 8. The number of ether oxygens (including phenoxy) is 1. The zero-order valence-electron chi connectivity index (χ0n) is 23.2. The minimum absolute atomic E-state index is 0.0832. The van der Waals surface area contributed by atoms with Crippen LogP contribution in [0.1, 0.15) is 76.9 Å². The molecule has 3 fully saturated rings. The lowest BCUT2D eigenvalue weighted by atomic mass is 9.81. The van der Waals surface area contributed by atoms with E-state index in [1.165, 1.54) is 0 Å². The first-order valence-electron chi connectivity index (χ1n) is 14.7. The van der Waals surface area contributed by atoms with E-state index in [0.29, 0.717) is 24.2 Å². The highest BCUT2D eigenvalue weighted by atomic mass is 16.5. The van der Waals surface area contributed by atoms with Crippen molar-refractivity contribution in [3.8, 4) is 17.0 Å². The number of nitrogens with one attached hydrogen (secondary N) is 1. The summed E-state index contributed by atoms with van der Waals surface area (Å²) in [5.41, 5.74) is 5.22. The number of aromatic nitrogens is 4. The zero-order chi connectivity index (χ0) is 29.2. The SMILES string of the molecule is O=C1CCC(N2C(=O)c3ccc(OCC4CC(n5cc(-c6cnc7ccccc7n6)c(C6CC6)n5)C4)cc3C2=O)C(=O)N1. The van der Waals surface area contributed by atoms with Crippen molar-refractivity contribution in [1.82, 2.24) is 30.0 Å². The van der Waals surface area contributed by atoms with Crippen molar-refractivity contribution in [2.45, 2.75) is 56.5 Å². The van der Waals surface area contributed by atoms with Crippen LogP contribution in [-0.2, 0) is 9.59 Å². The van der Waals surface area contributed by atoms with Gasteiger partial charge in [-0.1, -0.05) is 12.1 Å². The minimum atomic E-state index is -0.988. The van der Waals surface area contributed by atoms with Gasteiger partial charge in [-0.25, -0.2) is 4.98 Å². The fourth-order valence-corrected chi connectivity index (χ4v) is 6.34. The number of fused-ring (bicyclic) bond motifs is 2. The lowest BCUT2D eigenvalue weighted by molar-refractivity contribution is -0.136. The standard InChI is InChI=1S/C32H28N6O5/c39-28-10-9-27(30(40)35-28)38-31(41)21-8-7-20(13-22(21)32(38)42)43-16-17-11-19(12-17)37-15-23(29(36-37)18-5-6-18)26-14-33-24-3-1-2-4-25(24)34-26/h1-4,7-8,13-15,17-19,27H,5-6,9-12,16H2,(H,35,39,40). The van der Waals surface area contributed by atoms with Gasteiger partial charge in [0.25, 0.3) is 11.8 Å². The van der Waals surface area contributed by atoms with E-state index in [-0.39, 0.29) is 30.0 Å². The van der Waals surface area contributed by atoms with Crippen molar-refractivity contribution < 1.29 is 23.9 Å². The first-order chi connectivity index (χ1) is 20.9. The lowest BCUT2D eigenvalue weighted by Crippen LogP contribution is -2.54. The van der Waals surface area contributed by atoms with Crippen molar-refractivity contribution in [3.05, 3.63) is 71.7 Å². The van der Waals surface area contributed by atoms with Crippen molar-refractivity contribution >= 4 is 34.7 Å². The van der Waals surface area contributed by atoms with Crippen LogP contribution in [0.15, 0.2) is 54.9 Å². The monoisotopic (exact) mass is 576 g/mol. The molecular weight excluding hydrogens is 548 g/mol. The Bertz CT molecular complexity index is 1840. The molecule has 2 aromatic heterocycles. The third-order valence-electron chi connectivity index (χ3n) is 8.93. The summed E-state index contributed by atoms with van der Waals surface area (Å²) < 4.78 is 8.14. The molecule has 2 aliphatic carbocycles. The molecular formula is C32H28N6O5. The molecule has 216 valence electrons. The van der Waals surface area contributed by atoms with E-state index in [9.17, 15) is 19.2 Å². The van der Waals surface area contributed by atoms with Crippen molar-refractivity contribution in [3.63, 3.8) is 0 Å². The minimum Gasteiger partial charge on any atom is -0.493 e. The van der Waals surface area contributed by atoms with Gasteiger partial charge in [-0.05, 0) is 68.4 Å². The summed E-state index contributed by atoms with van der Waals surface area (Å²) in [7, 11) is 0. The Balaban J connectivity index is 0.923. The molecule has 2 aromatic carbocycles. The quantitative estimate of drug-likeness (QED) is 0.328. The second-order valence-electron chi connectivity index (χ2n) is 11.9. The molecule has 1 atom stereocenters. The van der Waals surface area contributed by atoms with Crippen molar-refractivity contribution in [1.29, 1.82) is 0 Å². The van der Waals surface area contributed by atoms with Crippen LogP contribution < -0.4 is 10.1 Å². The number of piperidine rings is 1. The van der Waals surface area contributed by atoms with Gasteiger partial charge in [0.1, 0.15) is 11.8 Å². The molecule has 1 N–H and O–H groups in total. The number of carbonyl (C=O) groups is 4. The van der Waals surface area contributed by atoms with Crippen LogP contribution in [0.2, 0.25) is 0 Å². The zero-order valence-corrected chi connectivity index (χ0v) is 23.2. The normalized spacial score (nSPS) is 23.3. The molecule has 4 heterocycles. The van der Waals surface area contributed by atoms with Gasteiger partial charge in [-0.2, -0.15) is 5.10 Å². The molecule has 2 aliphatic heterocycles. The first-order valence-corrected chi connectivity index (χ1v) is 14.7. The number of rotatable bonds is 7. The molecule has 0 radical (unpaired) electrons. The van der Waals surface area contributed by atoms with E-state index in [1.807, 2.05) is 30.5 Å². The highest BCUT2D eigenvalue weighted by molar-refractivity contribution is 6.23. The maximum atomic E-state index is 13.1. The van der Waals surface area contributed by atoms with Crippen LogP contribution in [0.25, 0.3) is 22.3 Å². The molecule has 4 aromatic rings. The Morgan fingerprint density at radius 1 is 0.907 bits per heavy atom. The number of imide groups is 2. The fourth-order valence-electron chi connectivity index (χ4n) is 6.34. The van der Waals surface area contributed by atoms with Crippen LogP contribution >= 0.6 is 0 Å². The second-order valence-corrected chi connectivity index (χ2v) is 11.9. The summed E-state index contributed by atoms with van der Waals surface area (Å²) in [6.07, 6.45) is 8.29. The summed E-state index contributed by atoms with van der Waals surface area (Å²) in [5.74, 6) is -0.789. The lowest BCUT2D eigenvalue weighted by Gasteiger charge is -2.35. The van der Waals surface area contributed by atoms with E-state index in [1.54, 1.807) is 18.2 Å². The molecule has 43 heavy (non-hydrogen) atoms. The molecule has 8 rings (SSSR count). The van der Waals surface area contributed by atoms with Gasteiger partial charge in [0.2, 0.25) is 11.8 Å². The number of benzene rings is 2. The summed E-state index contributed by atoms with van der Waals surface area (Å²) in [6.45, 7) is 0.480. The molecule has 11 nitrogen and oxygen atoms in total. The Labute approximate surface area is 246 Å². The van der Waals surface area contributed by atoms with Gasteiger partial charge in [0, 0.05) is 24.1 Å². The average molecular weight is 577 g/mol. The second kappa shape index (κ2) is 9.82. The maximum absolute atomic E-state index is 13.1. The summed E-state index contributed by atoms with van der Waals surface area (Å²) in [4.78, 5) is 60.3. The maximum Gasteiger partial charge on any atom is 0.262 e. The third-order valence-corrected chi connectivity index (χ3v) is 8.93. The molecule has 0 bridgehead atoms. The average Bonchev–Trinajstić information content (AvgIpc) is 3.70. The fraction of sp³-hybridized carbons (Fsp3) is 0.344. The van der Waals surface area contributed by atoms with Gasteiger partial charge in [0.05, 0.1) is 52.4 Å². The van der Waals surface area contributed by atoms with E-state index < -0.39 is 29.7 Å². The van der Waals surface area contributed by atoms with E-state index in [4.69, 9.17) is 14.8 Å². The number of nitrogens with zero attached hydrogens (tertiary/aromatic N) is 5. The van der Waals surface area contributed by atoms with Crippen LogP contribution in [0.4, 0.5) is 0 Å². The van der Waals surface area contributed by atoms with Crippen LogP contribution in [0, 0.1) is 5.92 Å². The van der Waals surface area contributed by atoms with E-state index in [0.717, 1.165) is 58.6 Å². The van der Waals surface area contributed by atoms with E-state index >= 15 is 0 Å². The molecule has 2 saturated carbocycles.